The van der Waals surface area contributed by atoms with Crippen molar-refractivity contribution in [2.75, 3.05) is 14.1 Å². The molecule has 0 spiro atoms. The summed E-state index contributed by atoms with van der Waals surface area (Å²) in [7, 11) is 3.88. The number of carbonyl (C=O) groups excluding carboxylic acids is 2. The number of rotatable bonds is 10. The van der Waals surface area contributed by atoms with Crippen LogP contribution in [0.3, 0.4) is 0 Å². The highest BCUT2D eigenvalue weighted by Crippen LogP contribution is 2.37. The minimum atomic E-state index is -0.310. The summed E-state index contributed by atoms with van der Waals surface area (Å²) in [6.07, 6.45) is 9.34. The highest BCUT2D eigenvalue weighted by molar-refractivity contribution is 5.96. The van der Waals surface area contributed by atoms with Gasteiger partial charge in [-0.15, -0.1) is 0 Å². The SMILES string of the molecule is CCCC(NC)c1c2c(nc3cc(C(C)CC)c(C)cc13)/C=C/C(C(C=O)CC)=C(/CC)C(=O)N(C)C2. The lowest BCUT2D eigenvalue weighted by molar-refractivity contribution is -0.126. The van der Waals surface area contributed by atoms with Crippen LogP contribution in [0.1, 0.15) is 107 Å². The largest absolute Gasteiger partial charge is 0.338 e. The number of hydrogen-bond acceptors (Lipinski definition) is 4. The summed E-state index contributed by atoms with van der Waals surface area (Å²) < 4.78 is 0. The zero-order valence-electron chi connectivity index (χ0n) is 24.1. The van der Waals surface area contributed by atoms with Crippen molar-refractivity contribution in [3.05, 3.63) is 57.3 Å². The number of pyridine rings is 1. The van der Waals surface area contributed by atoms with Gasteiger partial charge in [-0.2, -0.15) is 0 Å². The molecule has 1 aromatic heterocycles. The molecule has 37 heavy (non-hydrogen) atoms. The topological polar surface area (TPSA) is 62.3 Å². The minimum Gasteiger partial charge on any atom is -0.338 e. The zero-order valence-corrected chi connectivity index (χ0v) is 24.1. The highest BCUT2D eigenvalue weighted by atomic mass is 16.2. The monoisotopic (exact) mass is 503 g/mol. The number of aldehydes is 1. The predicted octanol–water partition coefficient (Wildman–Crippen LogP) is 7.03. The summed E-state index contributed by atoms with van der Waals surface area (Å²) in [5.74, 6) is 0.130. The number of carbonyl (C=O) groups is 2. The van der Waals surface area contributed by atoms with Crippen LogP contribution in [0, 0.1) is 12.8 Å². The average molecular weight is 504 g/mol. The van der Waals surface area contributed by atoms with E-state index in [1.807, 2.05) is 40.1 Å². The van der Waals surface area contributed by atoms with E-state index in [0.29, 0.717) is 30.9 Å². The molecule has 0 bridgehead atoms. The van der Waals surface area contributed by atoms with E-state index in [2.05, 4.69) is 45.1 Å². The van der Waals surface area contributed by atoms with Gasteiger partial charge >= 0.3 is 0 Å². The molecule has 1 N–H and O–H groups in total. The molecule has 1 aliphatic heterocycles. The Morgan fingerprint density at radius 2 is 1.86 bits per heavy atom. The van der Waals surface area contributed by atoms with Crippen molar-refractivity contribution in [1.29, 1.82) is 0 Å². The maximum atomic E-state index is 13.7. The molecular weight excluding hydrogens is 458 g/mol. The van der Waals surface area contributed by atoms with E-state index < -0.39 is 0 Å². The van der Waals surface area contributed by atoms with E-state index in [1.54, 1.807) is 4.90 Å². The van der Waals surface area contributed by atoms with E-state index in [0.717, 1.165) is 53.3 Å². The third-order valence-corrected chi connectivity index (χ3v) is 8.09. The molecule has 0 saturated carbocycles. The summed E-state index contributed by atoms with van der Waals surface area (Å²) in [4.78, 5) is 32.7. The van der Waals surface area contributed by atoms with Crippen molar-refractivity contribution >= 4 is 29.2 Å². The van der Waals surface area contributed by atoms with Crippen molar-refractivity contribution in [2.45, 2.75) is 92.2 Å². The highest BCUT2D eigenvalue weighted by Gasteiger charge is 2.27. The number of benzene rings is 1. The van der Waals surface area contributed by atoms with Crippen LogP contribution in [0.2, 0.25) is 0 Å². The molecule has 0 fully saturated rings. The van der Waals surface area contributed by atoms with Crippen LogP contribution in [-0.4, -0.2) is 36.2 Å². The van der Waals surface area contributed by atoms with Gasteiger partial charge < -0.3 is 15.0 Å². The van der Waals surface area contributed by atoms with Crippen LogP contribution >= 0.6 is 0 Å². The molecular formula is C32H45N3O2. The van der Waals surface area contributed by atoms with E-state index >= 15 is 0 Å². The van der Waals surface area contributed by atoms with Gasteiger partial charge in [0, 0.05) is 42.1 Å². The van der Waals surface area contributed by atoms with Crippen LogP contribution < -0.4 is 5.32 Å². The number of hydrogen-bond donors (Lipinski definition) is 1. The molecule has 1 aliphatic rings. The van der Waals surface area contributed by atoms with Gasteiger partial charge in [0.15, 0.2) is 0 Å². The van der Waals surface area contributed by atoms with Crippen LogP contribution in [0.5, 0.6) is 0 Å². The third-order valence-electron chi connectivity index (χ3n) is 8.09. The van der Waals surface area contributed by atoms with Crippen molar-refractivity contribution < 1.29 is 9.59 Å². The van der Waals surface area contributed by atoms with Crippen molar-refractivity contribution in [3.8, 4) is 0 Å². The Morgan fingerprint density at radius 3 is 2.43 bits per heavy atom. The summed E-state index contributed by atoms with van der Waals surface area (Å²) >= 11 is 0. The maximum Gasteiger partial charge on any atom is 0.250 e. The number of allylic oxidation sites excluding steroid dienone is 2. The smallest absolute Gasteiger partial charge is 0.250 e. The van der Waals surface area contributed by atoms with Crippen molar-refractivity contribution in [3.63, 3.8) is 0 Å². The number of likely N-dealkylation sites (N-methyl/N-ethyl adjacent to an activating group) is 1. The maximum absolute atomic E-state index is 13.7. The Morgan fingerprint density at radius 1 is 1.14 bits per heavy atom. The second-order valence-corrected chi connectivity index (χ2v) is 10.5. The zero-order chi connectivity index (χ0) is 27.3. The Balaban J connectivity index is 2.43. The molecule has 2 heterocycles. The Hall–Kier alpha value is -2.79. The lowest BCUT2D eigenvalue weighted by Gasteiger charge is -2.27. The van der Waals surface area contributed by atoms with Gasteiger partial charge in [0.1, 0.15) is 6.29 Å². The number of aromatic nitrogens is 1. The van der Waals surface area contributed by atoms with Gasteiger partial charge in [-0.05, 0) is 86.0 Å². The molecule has 5 heteroatoms. The number of nitrogens with one attached hydrogen (secondary N) is 1. The molecule has 3 unspecified atom stereocenters. The van der Waals surface area contributed by atoms with Crippen LogP contribution in [0.15, 0.2) is 29.4 Å². The predicted molar refractivity (Wildman–Crippen MR) is 155 cm³/mol. The summed E-state index contributed by atoms with van der Waals surface area (Å²) in [6, 6.07) is 4.72. The molecule has 0 saturated heterocycles. The van der Waals surface area contributed by atoms with Gasteiger partial charge in [0.25, 0.3) is 0 Å². The average Bonchev–Trinajstić information content (AvgIpc) is 2.94. The molecule has 3 rings (SSSR count). The van der Waals surface area contributed by atoms with Crippen LogP contribution in [-0.2, 0) is 16.1 Å². The van der Waals surface area contributed by atoms with Gasteiger partial charge in [-0.25, -0.2) is 4.98 Å². The summed E-state index contributed by atoms with van der Waals surface area (Å²) in [6.45, 7) is 13.4. The van der Waals surface area contributed by atoms with Crippen LogP contribution in [0.25, 0.3) is 17.0 Å². The number of fused-ring (bicyclic) bond motifs is 2. The third kappa shape index (κ3) is 5.72. The molecule has 0 radical (unpaired) electrons. The molecule has 5 nitrogen and oxygen atoms in total. The lowest BCUT2D eigenvalue weighted by Crippen LogP contribution is -2.30. The first-order chi connectivity index (χ1) is 17.8. The molecule has 1 aromatic carbocycles. The van der Waals surface area contributed by atoms with Gasteiger partial charge in [-0.1, -0.05) is 47.1 Å². The Bertz CT molecular complexity index is 1210. The first-order valence-electron chi connectivity index (χ1n) is 14.0. The first-order valence-corrected chi connectivity index (χ1v) is 14.0. The van der Waals surface area contributed by atoms with E-state index in [-0.39, 0.29) is 17.9 Å². The lowest BCUT2D eigenvalue weighted by atomic mass is 9.87. The van der Waals surface area contributed by atoms with E-state index in [1.165, 1.54) is 16.7 Å². The van der Waals surface area contributed by atoms with Crippen molar-refractivity contribution in [1.82, 2.24) is 15.2 Å². The van der Waals surface area contributed by atoms with Gasteiger partial charge in [-0.3, -0.25) is 4.79 Å². The van der Waals surface area contributed by atoms with Crippen LogP contribution in [0.4, 0.5) is 0 Å². The van der Waals surface area contributed by atoms with Crippen molar-refractivity contribution in [2.24, 2.45) is 5.92 Å². The molecule has 200 valence electrons. The summed E-state index contributed by atoms with van der Waals surface area (Å²) in [5.41, 5.74) is 8.34. The molecule has 1 amide bonds. The van der Waals surface area contributed by atoms with E-state index in [4.69, 9.17) is 4.98 Å². The van der Waals surface area contributed by atoms with Gasteiger partial charge in [0.05, 0.1) is 11.2 Å². The number of amides is 1. The quantitative estimate of drug-likeness (QED) is 0.353. The fourth-order valence-electron chi connectivity index (χ4n) is 5.72. The Kier molecular flexibility index (Phi) is 9.83. The fourth-order valence-corrected chi connectivity index (χ4v) is 5.72. The standard InChI is InChI=1S/C32H45N3O2/c1-9-13-29(33-7)31-26-16-21(6)25(20(5)10-2)17-30(26)34-28-15-14-24(22(11-3)19-36)23(12-4)32(37)35(8)18-27(28)31/h14-17,19-20,22,29,33H,9-13,18H2,1-8H3/b15-14+,24-23+. The first kappa shape index (κ1) is 28.8. The second kappa shape index (κ2) is 12.6. The number of aryl methyl sites for hydroxylation is 1. The molecule has 0 aliphatic carbocycles. The minimum absolute atomic E-state index is 0.0128. The second-order valence-electron chi connectivity index (χ2n) is 10.5. The van der Waals surface area contributed by atoms with E-state index in [9.17, 15) is 9.59 Å². The molecule has 3 atom stereocenters. The summed E-state index contributed by atoms with van der Waals surface area (Å²) in [5, 5.41) is 4.72. The number of nitrogens with zero attached hydrogens (tertiary/aromatic N) is 2. The fraction of sp³-hybridized carbons (Fsp3) is 0.531. The molecule has 2 aromatic rings. The normalized spacial score (nSPS) is 19.6. The Labute approximate surface area is 223 Å². The van der Waals surface area contributed by atoms with Gasteiger partial charge in [0.2, 0.25) is 5.91 Å².